The van der Waals surface area contributed by atoms with E-state index in [9.17, 15) is 0 Å². The Bertz CT molecular complexity index is 2200. The molecule has 8 nitrogen and oxygen atoms in total. The Morgan fingerprint density at radius 3 is 0.929 bits per heavy atom. The van der Waals surface area contributed by atoms with E-state index in [2.05, 4.69) is 0 Å². The molecular formula is C32H16AlClN8. The van der Waals surface area contributed by atoms with Crippen LogP contribution in [0, 0.1) is 0 Å². The fraction of sp³-hybridized carbons (Fsp3) is 0. The van der Waals surface area contributed by atoms with Crippen LogP contribution in [0.5, 0.6) is 0 Å². The van der Waals surface area contributed by atoms with E-state index in [0.29, 0.717) is 45.9 Å². The number of hydrogen-bond acceptors (Lipinski definition) is 6. The van der Waals surface area contributed by atoms with Gasteiger partial charge in [0.1, 0.15) is 0 Å². The number of rotatable bonds is 0. The van der Waals surface area contributed by atoms with Crippen LogP contribution in [0.4, 0.5) is 0 Å². The van der Waals surface area contributed by atoms with Crippen molar-refractivity contribution < 1.29 is 12.4 Å². The third kappa shape index (κ3) is 3.83. The van der Waals surface area contributed by atoms with Crippen LogP contribution >= 0.6 is 0 Å². The van der Waals surface area contributed by atoms with Crippen LogP contribution in [0.15, 0.2) is 97.1 Å². The Balaban J connectivity index is 0.00000144. The molecule has 0 fully saturated rings. The van der Waals surface area contributed by atoms with Crippen molar-refractivity contribution in [2.75, 3.05) is 0 Å². The van der Waals surface area contributed by atoms with Crippen molar-refractivity contribution in [2.24, 2.45) is 0 Å². The standard InChI is InChI=1S/C32H16N8.Al.ClH/c1-2-10-18-17(9-1)25-33-26(18)38-28-21-13-5-6-14-22(21)30(35-28)40-32-24-16-8-7-15-23(24)31(36-32)39-29-20-12-4-3-11-19(20)27(34-29)37-25;;/h1-16H;;1H/q-2;+3;/p-1. The second-order valence-electron chi connectivity index (χ2n) is 9.67. The van der Waals surface area contributed by atoms with E-state index in [1.807, 2.05) is 97.1 Å². The Hall–Kier alpha value is -4.94. The first-order valence-electron chi connectivity index (χ1n) is 12.9. The number of aromatic nitrogens is 8. The minimum Gasteiger partial charge on any atom is -1.00 e. The molecule has 0 N–H and O–H groups in total. The molecule has 194 valence electrons. The van der Waals surface area contributed by atoms with Crippen LogP contribution in [-0.4, -0.2) is 47.3 Å². The monoisotopic (exact) mass is 574 g/mol. The van der Waals surface area contributed by atoms with Gasteiger partial charge in [0.25, 0.3) is 0 Å². The van der Waals surface area contributed by atoms with Gasteiger partial charge in [-0.05, 0) is 21.5 Å². The summed E-state index contributed by atoms with van der Waals surface area (Å²) in [5, 5.41) is 3.57. The van der Waals surface area contributed by atoms with Gasteiger partial charge in [0.2, 0.25) is 0 Å². The van der Waals surface area contributed by atoms with Gasteiger partial charge in [0.15, 0.2) is 11.6 Å². The second-order valence-corrected chi connectivity index (χ2v) is 9.67. The number of benzene rings is 4. The van der Waals surface area contributed by atoms with Gasteiger partial charge >= 0.3 is 17.4 Å². The Kier molecular flexibility index (Phi) is 6.10. The molecule has 2 aliphatic heterocycles. The first-order valence-corrected chi connectivity index (χ1v) is 12.9. The van der Waals surface area contributed by atoms with Gasteiger partial charge in [-0.2, -0.15) is 0 Å². The summed E-state index contributed by atoms with van der Waals surface area (Å²) in [5.74, 6) is 2.21. The first-order chi connectivity index (χ1) is 19.8. The van der Waals surface area contributed by atoms with Crippen LogP contribution < -0.4 is 22.4 Å². The second kappa shape index (κ2) is 9.86. The quantitative estimate of drug-likeness (QED) is 0.255. The average molecular weight is 575 g/mol. The number of halogens is 1. The van der Waals surface area contributed by atoms with Crippen molar-refractivity contribution in [1.82, 2.24) is 39.9 Å². The molecule has 4 aromatic carbocycles. The van der Waals surface area contributed by atoms with Gasteiger partial charge in [-0.3, -0.25) is 0 Å². The third-order valence-electron chi connectivity index (χ3n) is 7.33. The molecule has 0 aliphatic carbocycles. The summed E-state index contributed by atoms with van der Waals surface area (Å²) in [5.41, 5.74) is 5.78. The van der Waals surface area contributed by atoms with Gasteiger partial charge in [-0.25, -0.2) is 15.0 Å². The van der Waals surface area contributed by atoms with Crippen LogP contribution in [0.2, 0.25) is 0 Å². The zero-order valence-corrected chi connectivity index (χ0v) is 23.7. The van der Waals surface area contributed by atoms with Crippen molar-refractivity contribution in [2.45, 2.75) is 0 Å². The molecule has 3 aromatic heterocycles. The molecule has 0 atom stereocenters. The molecule has 10 heteroatoms. The van der Waals surface area contributed by atoms with Crippen LogP contribution in [0.25, 0.3) is 89.7 Å². The summed E-state index contributed by atoms with van der Waals surface area (Å²) in [6, 6.07) is 31.8. The molecule has 2 aliphatic rings. The molecule has 42 heavy (non-hydrogen) atoms. The summed E-state index contributed by atoms with van der Waals surface area (Å²) >= 11 is 0. The van der Waals surface area contributed by atoms with E-state index in [-0.39, 0.29) is 29.8 Å². The minimum atomic E-state index is 0. The molecular weight excluding hydrogens is 559 g/mol. The van der Waals surface area contributed by atoms with Crippen molar-refractivity contribution in [3.05, 3.63) is 97.1 Å². The van der Waals surface area contributed by atoms with E-state index >= 15 is 0 Å². The summed E-state index contributed by atoms with van der Waals surface area (Å²) in [6.45, 7) is 0. The van der Waals surface area contributed by atoms with Gasteiger partial charge in [0.05, 0.1) is 11.6 Å². The molecule has 0 saturated carbocycles. The molecule has 7 aromatic rings. The van der Waals surface area contributed by atoms with Gasteiger partial charge in [0, 0.05) is 44.8 Å². The van der Waals surface area contributed by atoms with E-state index in [0.717, 1.165) is 43.8 Å². The van der Waals surface area contributed by atoms with E-state index < -0.39 is 0 Å². The van der Waals surface area contributed by atoms with Crippen molar-refractivity contribution >= 4 is 61.5 Å². The number of hydrogen-bond donors (Lipinski definition) is 0. The predicted molar refractivity (Wildman–Crippen MR) is 160 cm³/mol. The zero-order chi connectivity index (χ0) is 26.2. The maximum Gasteiger partial charge on any atom is 3.00 e. The van der Waals surface area contributed by atoms with E-state index in [1.165, 1.54) is 0 Å². The third-order valence-corrected chi connectivity index (χ3v) is 7.33. The SMILES string of the molecule is [Al+3].[Cl-].c1ccc2c(c1)-c1nc3nc(nc4[n-]c(nc5[n-]c(nc-2n1)c1ccccc51)c1ccccc41)-c1ccccc1-3. The van der Waals surface area contributed by atoms with Gasteiger partial charge in [-0.1, -0.05) is 97.1 Å². The van der Waals surface area contributed by atoms with Crippen LogP contribution in [-0.2, 0) is 0 Å². The maximum atomic E-state index is 4.95. The molecule has 8 bridgehead atoms. The van der Waals surface area contributed by atoms with Crippen molar-refractivity contribution in [3.8, 4) is 45.6 Å². The largest absolute Gasteiger partial charge is 3.00 e. The molecule has 0 spiro atoms. The Labute approximate surface area is 255 Å². The summed E-state index contributed by atoms with van der Waals surface area (Å²) in [7, 11) is 0. The molecule has 0 unspecified atom stereocenters. The summed E-state index contributed by atoms with van der Waals surface area (Å²) in [6.07, 6.45) is 0. The minimum absolute atomic E-state index is 0. The van der Waals surface area contributed by atoms with E-state index in [4.69, 9.17) is 39.9 Å². The fourth-order valence-electron chi connectivity index (χ4n) is 5.46. The number of fused-ring (bicyclic) bond motifs is 20. The molecule has 0 saturated heterocycles. The molecule has 0 amide bonds. The van der Waals surface area contributed by atoms with Crippen molar-refractivity contribution in [1.29, 1.82) is 0 Å². The van der Waals surface area contributed by atoms with Crippen molar-refractivity contribution in [3.63, 3.8) is 0 Å². The molecule has 0 radical (unpaired) electrons. The maximum absolute atomic E-state index is 4.95. The first kappa shape index (κ1) is 26.0. The normalized spacial score (nSPS) is 11.4. The summed E-state index contributed by atoms with van der Waals surface area (Å²) < 4.78 is 0. The fourth-order valence-corrected chi connectivity index (χ4v) is 5.46. The van der Waals surface area contributed by atoms with Crippen LogP contribution in [0.1, 0.15) is 0 Å². The zero-order valence-electron chi connectivity index (χ0n) is 21.8. The average Bonchev–Trinajstić information content (AvgIpc) is 3.73. The number of nitrogens with zero attached hydrogens (tertiary/aromatic N) is 8. The van der Waals surface area contributed by atoms with Gasteiger partial charge in [-0.15, -0.1) is 0 Å². The Morgan fingerprint density at radius 1 is 0.333 bits per heavy atom. The topological polar surface area (TPSA) is 106 Å². The smallest absolute Gasteiger partial charge is 1.00 e. The summed E-state index contributed by atoms with van der Waals surface area (Å²) in [4.78, 5) is 39.3. The Morgan fingerprint density at radius 2 is 0.595 bits per heavy atom. The predicted octanol–water partition coefficient (Wildman–Crippen LogP) is 2.75. The van der Waals surface area contributed by atoms with Gasteiger partial charge < -0.3 is 37.3 Å². The van der Waals surface area contributed by atoms with Crippen LogP contribution in [0.3, 0.4) is 0 Å². The van der Waals surface area contributed by atoms with E-state index in [1.54, 1.807) is 0 Å². The molecule has 5 heterocycles. The molecule has 9 rings (SSSR count).